The largest absolute Gasteiger partial charge is 0.371 e. The molecule has 4 rings (SSSR count). The average molecular weight is 372 g/mol. The van der Waals surface area contributed by atoms with Crippen molar-refractivity contribution in [3.63, 3.8) is 0 Å². The van der Waals surface area contributed by atoms with E-state index in [0.29, 0.717) is 6.42 Å². The molecule has 6 heteroatoms. The molecule has 0 saturated carbocycles. The highest BCUT2D eigenvalue weighted by Crippen LogP contribution is 2.31. The Hall–Kier alpha value is -1.76. The molecule has 138 valence electrons. The zero-order valence-electron chi connectivity index (χ0n) is 15.1. The third kappa shape index (κ3) is 3.82. The fourth-order valence-electron chi connectivity index (χ4n) is 3.56. The highest BCUT2D eigenvalue weighted by Gasteiger charge is 2.22. The average Bonchev–Trinajstić information content (AvgIpc) is 3.41. The van der Waals surface area contributed by atoms with Crippen LogP contribution in [0.2, 0.25) is 0 Å². The number of carbonyl (C=O) groups excluding carboxylic acids is 1. The van der Waals surface area contributed by atoms with Crippen LogP contribution in [0, 0.1) is 0 Å². The summed E-state index contributed by atoms with van der Waals surface area (Å²) in [7, 11) is 0. The van der Waals surface area contributed by atoms with Crippen LogP contribution in [-0.2, 0) is 16.1 Å². The van der Waals surface area contributed by atoms with Gasteiger partial charge < -0.3 is 15.0 Å². The number of aromatic nitrogens is 1. The summed E-state index contributed by atoms with van der Waals surface area (Å²) < 4.78 is 5.71. The molecule has 3 heterocycles. The van der Waals surface area contributed by atoms with Gasteiger partial charge in [-0.3, -0.25) is 4.79 Å². The van der Waals surface area contributed by atoms with Gasteiger partial charge in [0, 0.05) is 48.9 Å². The van der Waals surface area contributed by atoms with Crippen molar-refractivity contribution in [3.8, 4) is 0 Å². The van der Waals surface area contributed by atoms with E-state index < -0.39 is 0 Å². The second-order valence-corrected chi connectivity index (χ2v) is 8.16. The topological polar surface area (TPSA) is 54.5 Å². The molecule has 2 aromatic rings. The molecule has 1 aromatic heterocycles. The summed E-state index contributed by atoms with van der Waals surface area (Å²) in [6, 6.07) is 8.58. The summed E-state index contributed by atoms with van der Waals surface area (Å²) in [5.41, 5.74) is 2.23. The van der Waals surface area contributed by atoms with Gasteiger partial charge in [-0.2, -0.15) is 0 Å². The van der Waals surface area contributed by atoms with Crippen molar-refractivity contribution in [2.24, 2.45) is 0 Å². The lowest BCUT2D eigenvalue weighted by molar-refractivity contribution is -0.117. The summed E-state index contributed by atoms with van der Waals surface area (Å²) in [5.74, 6) is 0.233. The third-order valence-electron chi connectivity index (χ3n) is 5.14. The van der Waals surface area contributed by atoms with Crippen molar-refractivity contribution < 1.29 is 9.53 Å². The molecule has 2 aliphatic rings. The van der Waals surface area contributed by atoms with Gasteiger partial charge in [0.15, 0.2) is 0 Å². The fourth-order valence-corrected chi connectivity index (χ4v) is 4.51. The minimum Gasteiger partial charge on any atom is -0.371 e. The molecule has 1 amide bonds. The van der Waals surface area contributed by atoms with Gasteiger partial charge in [-0.15, -0.1) is 11.3 Å². The SMILES string of the molecule is CC(NCc1cnc(C2CCCO2)s1)c1ccc(N2CCCC2=O)cc1. The predicted octanol–water partition coefficient (Wildman–Crippen LogP) is 3.97. The maximum Gasteiger partial charge on any atom is 0.227 e. The maximum absolute atomic E-state index is 11.9. The van der Waals surface area contributed by atoms with Gasteiger partial charge in [0.2, 0.25) is 5.91 Å². The van der Waals surface area contributed by atoms with Gasteiger partial charge in [-0.25, -0.2) is 4.98 Å². The van der Waals surface area contributed by atoms with Crippen LogP contribution in [0.1, 0.15) is 60.2 Å². The highest BCUT2D eigenvalue weighted by molar-refractivity contribution is 7.11. The summed E-state index contributed by atoms with van der Waals surface area (Å²) in [5, 5.41) is 4.67. The van der Waals surface area contributed by atoms with Gasteiger partial charge >= 0.3 is 0 Å². The second kappa shape index (κ2) is 7.86. The van der Waals surface area contributed by atoms with Gasteiger partial charge in [0.05, 0.1) is 0 Å². The molecule has 1 aromatic carbocycles. The third-order valence-corrected chi connectivity index (χ3v) is 6.23. The fraction of sp³-hybridized carbons (Fsp3) is 0.500. The molecular formula is C20H25N3O2S. The first-order valence-electron chi connectivity index (χ1n) is 9.40. The number of rotatable bonds is 6. The van der Waals surface area contributed by atoms with Gasteiger partial charge in [-0.1, -0.05) is 12.1 Å². The van der Waals surface area contributed by atoms with Crippen molar-refractivity contribution in [1.82, 2.24) is 10.3 Å². The first-order valence-corrected chi connectivity index (χ1v) is 10.2. The molecule has 0 spiro atoms. The Bertz CT molecular complexity index is 753. The Morgan fingerprint density at radius 3 is 2.88 bits per heavy atom. The summed E-state index contributed by atoms with van der Waals surface area (Å²) in [6.07, 6.45) is 6.01. The van der Waals surface area contributed by atoms with Crippen molar-refractivity contribution >= 4 is 22.9 Å². The number of carbonyl (C=O) groups is 1. The Labute approximate surface area is 158 Å². The standard InChI is InChI=1S/C20H25N3O2S/c1-14(15-6-8-16(9-7-15)23-10-2-5-19(23)24)21-12-17-13-22-20(26-17)18-4-3-11-25-18/h6-9,13-14,18,21H,2-5,10-12H2,1H3. The van der Waals surface area contributed by atoms with Crippen LogP contribution in [0.3, 0.4) is 0 Å². The summed E-state index contributed by atoms with van der Waals surface area (Å²) in [6.45, 7) is 4.66. The van der Waals surface area contributed by atoms with E-state index in [0.717, 1.165) is 49.7 Å². The lowest BCUT2D eigenvalue weighted by Crippen LogP contribution is -2.23. The molecule has 5 nitrogen and oxygen atoms in total. The smallest absolute Gasteiger partial charge is 0.227 e. The van der Waals surface area contributed by atoms with E-state index in [1.54, 1.807) is 11.3 Å². The lowest BCUT2D eigenvalue weighted by atomic mass is 10.1. The Morgan fingerprint density at radius 1 is 1.35 bits per heavy atom. The Kier molecular flexibility index (Phi) is 5.33. The van der Waals surface area contributed by atoms with Crippen LogP contribution in [-0.4, -0.2) is 24.0 Å². The van der Waals surface area contributed by atoms with Crippen LogP contribution in [0.4, 0.5) is 5.69 Å². The number of hydrogen-bond donors (Lipinski definition) is 1. The van der Waals surface area contributed by atoms with E-state index in [1.807, 2.05) is 11.1 Å². The molecule has 2 unspecified atom stereocenters. The zero-order chi connectivity index (χ0) is 17.9. The monoisotopic (exact) mass is 371 g/mol. The van der Waals surface area contributed by atoms with Crippen LogP contribution in [0.5, 0.6) is 0 Å². The van der Waals surface area contributed by atoms with Crippen molar-refractivity contribution in [1.29, 1.82) is 0 Å². The predicted molar refractivity (Wildman–Crippen MR) is 103 cm³/mol. The first-order chi connectivity index (χ1) is 12.7. The van der Waals surface area contributed by atoms with E-state index in [2.05, 4.69) is 41.5 Å². The van der Waals surface area contributed by atoms with Crippen molar-refractivity contribution in [3.05, 3.63) is 45.9 Å². The quantitative estimate of drug-likeness (QED) is 0.835. The molecule has 2 fully saturated rings. The molecule has 1 N–H and O–H groups in total. The van der Waals surface area contributed by atoms with E-state index >= 15 is 0 Å². The molecule has 2 aliphatic heterocycles. The number of ether oxygens (including phenoxy) is 1. The van der Waals surface area contributed by atoms with Gasteiger partial charge in [0.25, 0.3) is 0 Å². The number of nitrogens with one attached hydrogen (secondary N) is 1. The molecule has 0 aliphatic carbocycles. The molecule has 0 radical (unpaired) electrons. The van der Waals surface area contributed by atoms with Crippen molar-refractivity contribution in [2.45, 2.75) is 51.3 Å². The van der Waals surface area contributed by atoms with Crippen molar-refractivity contribution in [2.75, 3.05) is 18.1 Å². The molecule has 2 atom stereocenters. The number of amides is 1. The number of anilines is 1. The summed E-state index contributed by atoms with van der Waals surface area (Å²) in [4.78, 5) is 19.5. The minimum absolute atomic E-state index is 0.201. The van der Waals surface area contributed by atoms with Crippen LogP contribution >= 0.6 is 11.3 Å². The van der Waals surface area contributed by atoms with Crippen LogP contribution < -0.4 is 10.2 Å². The number of benzene rings is 1. The van der Waals surface area contributed by atoms with E-state index in [1.165, 1.54) is 10.4 Å². The first kappa shape index (κ1) is 17.6. The molecular weight excluding hydrogens is 346 g/mol. The van der Waals surface area contributed by atoms with Crippen LogP contribution in [0.15, 0.2) is 30.5 Å². The number of hydrogen-bond acceptors (Lipinski definition) is 5. The normalized spacial score (nSPS) is 21.5. The Morgan fingerprint density at radius 2 is 2.19 bits per heavy atom. The molecule has 0 bridgehead atoms. The Balaban J connectivity index is 1.33. The van der Waals surface area contributed by atoms with E-state index in [-0.39, 0.29) is 18.1 Å². The lowest BCUT2D eigenvalue weighted by Gasteiger charge is -2.18. The van der Waals surface area contributed by atoms with Crippen LogP contribution in [0.25, 0.3) is 0 Å². The summed E-state index contributed by atoms with van der Waals surface area (Å²) >= 11 is 1.74. The van der Waals surface area contributed by atoms with E-state index in [4.69, 9.17) is 4.74 Å². The number of thiazole rings is 1. The molecule has 2 saturated heterocycles. The van der Waals surface area contributed by atoms with Gasteiger partial charge in [0.1, 0.15) is 11.1 Å². The highest BCUT2D eigenvalue weighted by atomic mass is 32.1. The minimum atomic E-state index is 0.201. The number of nitrogens with zero attached hydrogens (tertiary/aromatic N) is 2. The maximum atomic E-state index is 11.9. The van der Waals surface area contributed by atoms with E-state index in [9.17, 15) is 4.79 Å². The molecule has 26 heavy (non-hydrogen) atoms. The van der Waals surface area contributed by atoms with Gasteiger partial charge in [-0.05, 0) is 43.9 Å². The second-order valence-electron chi connectivity index (χ2n) is 7.01. The zero-order valence-corrected chi connectivity index (χ0v) is 15.9.